The van der Waals surface area contributed by atoms with E-state index in [0.29, 0.717) is 6.54 Å². The smallest absolute Gasteiger partial charge is 0.0715 e. The molecule has 1 aromatic heterocycles. The SMILES string of the molecule is C=C1/C=C\C=C(\c2ccccc2)CN(c2ccc(-c3cc(-c4ccccc4)cc(-c4ccccc4)n3)cc2)C2=C1c1ccccc1Sc1ccccc12. The summed E-state index contributed by atoms with van der Waals surface area (Å²) in [6, 6.07) is 62.6. The quantitative estimate of drug-likeness (QED) is 0.178. The molecule has 2 aliphatic rings. The van der Waals surface area contributed by atoms with E-state index in [0.717, 1.165) is 50.6 Å². The third-order valence-electron chi connectivity index (χ3n) is 9.89. The first-order valence-electron chi connectivity index (χ1n) is 17.9. The van der Waals surface area contributed by atoms with Crippen LogP contribution in [-0.2, 0) is 0 Å². The minimum atomic E-state index is 0.668. The van der Waals surface area contributed by atoms with Gasteiger partial charge >= 0.3 is 0 Å². The lowest BCUT2D eigenvalue weighted by atomic mass is 9.92. The molecule has 0 saturated carbocycles. The monoisotopic (exact) mass is 696 g/mol. The summed E-state index contributed by atoms with van der Waals surface area (Å²) < 4.78 is 0. The van der Waals surface area contributed by atoms with Crippen LogP contribution in [0.5, 0.6) is 0 Å². The Morgan fingerprint density at radius 1 is 0.509 bits per heavy atom. The maximum absolute atomic E-state index is 5.22. The molecule has 0 spiro atoms. The van der Waals surface area contributed by atoms with Crippen molar-refractivity contribution in [2.45, 2.75) is 9.79 Å². The van der Waals surface area contributed by atoms with Crippen LogP contribution in [0.25, 0.3) is 50.5 Å². The lowest BCUT2D eigenvalue weighted by Gasteiger charge is -2.32. The number of pyridine rings is 1. The topological polar surface area (TPSA) is 16.1 Å². The fourth-order valence-electron chi connectivity index (χ4n) is 7.27. The van der Waals surface area contributed by atoms with Crippen molar-refractivity contribution in [2.24, 2.45) is 0 Å². The Bertz CT molecular complexity index is 2490. The van der Waals surface area contributed by atoms with Crippen molar-refractivity contribution in [1.29, 1.82) is 0 Å². The highest BCUT2D eigenvalue weighted by Gasteiger charge is 2.29. The van der Waals surface area contributed by atoms with Crippen LogP contribution in [0.3, 0.4) is 0 Å². The van der Waals surface area contributed by atoms with Crippen LogP contribution in [0, 0.1) is 0 Å². The van der Waals surface area contributed by atoms with Gasteiger partial charge in [0.15, 0.2) is 0 Å². The molecule has 0 unspecified atom stereocenters. The molecule has 0 bridgehead atoms. The van der Waals surface area contributed by atoms with Crippen molar-refractivity contribution in [1.82, 2.24) is 4.98 Å². The van der Waals surface area contributed by atoms with Gasteiger partial charge < -0.3 is 4.90 Å². The second-order valence-corrected chi connectivity index (χ2v) is 14.3. The largest absolute Gasteiger partial charge is 0.336 e. The van der Waals surface area contributed by atoms with Gasteiger partial charge in [-0.3, -0.25) is 0 Å². The van der Waals surface area contributed by atoms with E-state index in [-0.39, 0.29) is 0 Å². The van der Waals surface area contributed by atoms with E-state index in [1.54, 1.807) is 0 Å². The predicted octanol–water partition coefficient (Wildman–Crippen LogP) is 13.1. The molecular weight excluding hydrogens is 661 g/mol. The molecular formula is C50H36N2S. The molecule has 0 aliphatic carbocycles. The number of hydrogen-bond acceptors (Lipinski definition) is 3. The molecule has 6 aromatic carbocycles. The van der Waals surface area contributed by atoms with Crippen molar-refractivity contribution in [3.8, 4) is 33.6 Å². The number of nitrogens with zero attached hydrogens (tertiary/aromatic N) is 2. The lowest BCUT2D eigenvalue weighted by Crippen LogP contribution is -2.25. The molecule has 2 aliphatic heterocycles. The first kappa shape index (κ1) is 32.5. The minimum absolute atomic E-state index is 0.668. The summed E-state index contributed by atoms with van der Waals surface area (Å²) in [5.74, 6) is 0. The molecule has 252 valence electrons. The summed E-state index contributed by atoms with van der Waals surface area (Å²) in [6.45, 7) is 5.35. The van der Waals surface area contributed by atoms with E-state index in [1.165, 1.54) is 37.6 Å². The average Bonchev–Trinajstić information content (AvgIpc) is 3.32. The van der Waals surface area contributed by atoms with Crippen LogP contribution in [0.15, 0.2) is 216 Å². The third-order valence-corrected chi connectivity index (χ3v) is 11.0. The van der Waals surface area contributed by atoms with Crippen LogP contribution < -0.4 is 4.90 Å². The van der Waals surface area contributed by atoms with Gasteiger partial charge in [-0.1, -0.05) is 176 Å². The van der Waals surface area contributed by atoms with Crippen molar-refractivity contribution in [3.63, 3.8) is 0 Å². The molecule has 0 atom stereocenters. The normalized spacial score (nSPS) is 15.4. The zero-order chi connectivity index (χ0) is 35.6. The molecule has 0 saturated heterocycles. The zero-order valence-corrected chi connectivity index (χ0v) is 30.0. The summed E-state index contributed by atoms with van der Waals surface area (Å²) in [4.78, 5) is 10.2. The molecule has 3 heteroatoms. The van der Waals surface area contributed by atoms with Crippen LogP contribution in [0.1, 0.15) is 16.7 Å². The number of rotatable bonds is 5. The number of hydrogen-bond donors (Lipinski definition) is 0. The van der Waals surface area contributed by atoms with Crippen LogP contribution >= 0.6 is 11.8 Å². The van der Waals surface area contributed by atoms with E-state index in [2.05, 4.69) is 200 Å². The first-order chi connectivity index (χ1) is 26.2. The Kier molecular flexibility index (Phi) is 8.77. The molecule has 0 fully saturated rings. The number of anilines is 1. The van der Waals surface area contributed by atoms with Gasteiger partial charge in [-0.25, -0.2) is 4.98 Å². The number of allylic oxidation sites excluding steroid dienone is 5. The number of fused-ring (bicyclic) bond motifs is 4. The van der Waals surface area contributed by atoms with Crippen molar-refractivity contribution < 1.29 is 0 Å². The Morgan fingerprint density at radius 3 is 1.70 bits per heavy atom. The van der Waals surface area contributed by atoms with Crippen LogP contribution in [0.4, 0.5) is 5.69 Å². The highest BCUT2D eigenvalue weighted by molar-refractivity contribution is 7.99. The molecule has 0 N–H and O–H groups in total. The Labute approximate surface area is 315 Å². The zero-order valence-electron chi connectivity index (χ0n) is 29.2. The second kappa shape index (κ2) is 14.3. The van der Waals surface area contributed by atoms with Crippen molar-refractivity contribution >= 4 is 34.3 Å². The van der Waals surface area contributed by atoms with Gasteiger partial charge in [-0.2, -0.15) is 0 Å². The van der Waals surface area contributed by atoms with Crippen LogP contribution in [0.2, 0.25) is 0 Å². The van der Waals surface area contributed by atoms with Gasteiger partial charge in [0.05, 0.1) is 17.1 Å². The molecule has 9 rings (SSSR count). The standard InChI is InChI=1S/C50H36N2S/c1-35-16-15-23-40(36-17-5-2-6-18-36)34-52(50-44-25-12-14-27-48(44)53-47-26-13-11-24-43(47)49(35)50)42-30-28-39(29-31-42)46-33-41(37-19-7-3-8-20-37)32-45(51-46)38-21-9-4-10-22-38/h2-33H,1,34H2/b16-15-,40-23+. The molecule has 2 nitrogen and oxygen atoms in total. The van der Waals surface area contributed by atoms with Crippen molar-refractivity contribution in [3.05, 3.63) is 223 Å². The highest BCUT2D eigenvalue weighted by atomic mass is 32.2. The predicted molar refractivity (Wildman–Crippen MR) is 224 cm³/mol. The van der Waals surface area contributed by atoms with Gasteiger partial charge in [0, 0.05) is 44.3 Å². The summed E-state index contributed by atoms with van der Waals surface area (Å²) in [7, 11) is 0. The molecule has 3 heterocycles. The van der Waals surface area contributed by atoms with Gasteiger partial charge in [-0.15, -0.1) is 0 Å². The van der Waals surface area contributed by atoms with E-state index in [1.807, 2.05) is 17.8 Å². The fraction of sp³-hybridized carbons (Fsp3) is 0.0200. The summed E-state index contributed by atoms with van der Waals surface area (Å²) in [5, 5.41) is 0. The second-order valence-electron chi connectivity index (χ2n) is 13.3. The summed E-state index contributed by atoms with van der Waals surface area (Å²) >= 11 is 1.83. The molecule has 53 heavy (non-hydrogen) atoms. The van der Waals surface area contributed by atoms with Gasteiger partial charge in [-0.05, 0) is 69.8 Å². The molecule has 0 radical (unpaired) electrons. The third kappa shape index (κ3) is 6.48. The maximum Gasteiger partial charge on any atom is 0.0715 e. The van der Waals surface area contributed by atoms with Crippen LogP contribution in [-0.4, -0.2) is 11.5 Å². The highest BCUT2D eigenvalue weighted by Crippen LogP contribution is 2.49. The van der Waals surface area contributed by atoms with E-state index < -0.39 is 0 Å². The maximum atomic E-state index is 5.22. The van der Waals surface area contributed by atoms with Crippen molar-refractivity contribution in [2.75, 3.05) is 11.4 Å². The van der Waals surface area contributed by atoms with Gasteiger partial charge in [0.2, 0.25) is 0 Å². The fourth-order valence-corrected chi connectivity index (χ4v) is 8.36. The summed E-state index contributed by atoms with van der Waals surface area (Å²) in [6.07, 6.45) is 6.56. The molecule has 0 amide bonds. The minimum Gasteiger partial charge on any atom is -0.336 e. The van der Waals surface area contributed by atoms with Gasteiger partial charge in [0.25, 0.3) is 0 Å². The van der Waals surface area contributed by atoms with E-state index in [9.17, 15) is 0 Å². The Morgan fingerprint density at radius 2 is 1.04 bits per heavy atom. The molecule has 7 aromatic rings. The average molecular weight is 697 g/mol. The van der Waals surface area contributed by atoms with E-state index >= 15 is 0 Å². The Balaban J connectivity index is 1.23. The van der Waals surface area contributed by atoms with Gasteiger partial charge in [0.1, 0.15) is 0 Å². The lowest BCUT2D eigenvalue weighted by molar-refractivity contribution is 1.11. The first-order valence-corrected chi connectivity index (χ1v) is 18.7. The Hall–Kier alpha value is -6.42. The summed E-state index contributed by atoms with van der Waals surface area (Å²) in [5.41, 5.74) is 15.5. The van der Waals surface area contributed by atoms with E-state index in [4.69, 9.17) is 4.98 Å². The number of benzene rings is 6. The number of aromatic nitrogens is 1.